The van der Waals surface area contributed by atoms with Gasteiger partial charge in [0.05, 0.1) is 24.4 Å². The van der Waals surface area contributed by atoms with Crippen LogP contribution < -0.4 is 16.6 Å². The molecule has 0 aliphatic carbocycles. The first-order chi connectivity index (χ1) is 8.99. The average molecular weight is 276 g/mol. The fourth-order valence-corrected chi connectivity index (χ4v) is 1.34. The number of alkyl halides is 3. The van der Waals surface area contributed by atoms with Crippen LogP contribution >= 0.6 is 0 Å². The molecule has 0 bridgehead atoms. The second-order valence-electron chi connectivity index (χ2n) is 3.54. The Morgan fingerprint density at radius 1 is 1.37 bits per heavy atom. The Labute approximate surface area is 108 Å². The van der Waals surface area contributed by atoms with Gasteiger partial charge in [0.1, 0.15) is 0 Å². The zero-order chi connectivity index (χ0) is 14.3. The highest BCUT2D eigenvalue weighted by Crippen LogP contribution is 2.34. The summed E-state index contributed by atoms with van der Waals surface area (Å²) >= 11 is 0. The number of halogens is 3. The first-order valence-electron chi connectivity index (χ1n) is 5.42. The van der Waals surface area contributed by atoms with Crippen molar-refractivity contribution >= 4 is 11.6 Å². The lowest BCUT2D eigenvalue weighted by molar-refractivity contribution is -0.136. The van der Waals surface area contributed by atoms with E-state index in [0.29, 0.717) is 6.61 Å². The molecule has 0 heterocycles. The summed E-state index contributed by atoms with van der Waals surface area (Å²) < 4.78 is 43.1. The summed E-state index contributed by atoms with van der Waals surface area (Å²) in [6, 6.07) is 5.07. The Hall–Kier alpha value is -1.80. The standard InChI is InChI=1S/C11H15F3N4O/c1-19-7-6-16-10(18-15)17-9-5-3-2-4-8(9)11(12,13)14/h2-5H,6-7,15H2,1H3,(H2,16,17,18). The fraction of sp³-hybridized carbons (Fsp3) is 0.364. The normalized spacial score (nSPS) is 12.4. The summed E-state index contributed by atoms with van der Waals surface area (Å²) in [5.74, 6) is 5.23. The third-order valence-corrected chi connectivity index (χ3v) is 2.19. The maximum absolute atomic E-state index is 12.8. The summed E-state index contributed by atoms with van der Waals surface area (Å²) in [5.41, 5.74) is 1.30. The Morgan fingerprint density at radius 3 is 2.63 bits per heavy atom. The molecule has 0 saturated heterocycles. The molecule has 0 spiro atoms. The summed E-state index contributed by atoms with van der Waals surface area (Å²) in [5, 5.41) is 2.50. The Morgan fingerprint density at radius 2 is 2.05 bits per heavy atom. The van der Waals surface area contributed by atoms with Gasteiger partial charge in [-0.2, -0.15) is 13.2 Å². The molecule has 0 unspecified atom stereocenters. The van der Waals surface area contributed by atoms with Crippen molar-refractivity contribution in [2.24, 2.45) is 10.8 Å². The van der Waals surface area contributed by atoms with E-state index in [4.69, 9.17) is 10.6 Å². The minimum absolute atomic E-state index is 0.0359. The molecule has 1 rings (SSSR count). The van der Waals surface area contributed by atoms with Gasteiger partial charge in [-0.05, 0) is 12.1 Å². The van der Waals surface area contributed by atoms with E-state index in [0.717, 1.165) is 6.07 Å². The predicted molar refractivity (Wildman–Crippen MR) is 66.6 cm³/mol. The first kappa shape index (κ1) is 15.3. The van der Waals surface area contributed by atoms with Crippen LogP contribution in [0.1, 0.15) is 5.56 Å². The highest BCUT2D eigenvalue weighted by molar-refractivity contribution is 5.94. The van der Waals surface area contributed by atoms with Crippen LogP contribution in [0.5, 0.6) is 0 Å². The number of benzene rings is 1. The molecule has 0 aliphatic rings. The van der Waals surface area contributed by atoms with Gasteiger partial charge < -0.3 is 10.1 Å². The van der Waals surface area contributed by atoms with Crippen LogP contribution in [0, 0.1) is 0 Å². The van der Waals surface area contributed by atoms with Gasteiger partial charge in [0.2, 0.25) is 5.96 Å². The number of methoxy groups -OCH3 is 1. The summed E-state index contributed by atoms with van der Waals surface area (Å²) in [7, 11) is 1.50. The number of rotatable bonds is 4. The number of hydrogen-bond acceptors (Lipinski definition) is 3. The number of nitrogens with zero attached hydrogens (tertiary/aromatic N) is 1. The van der Waals surface area contributed by atoms with Gasteiger partial charge in [-0.3, -0.25) is 5.43 Å². The highest BCUT2D eigenvalue weighted by atomic mass is 19.4. The molecule has 0 saturated carbocycles. The van der Waals surface area contributed by atoms with Crippen LogP contribution in [0.4, 0.5) is 18.9 Å². The van der Waals surface area contributed by atoms with Crippen molar-refractivity contribution in [3.05, 3.63) is 29.8 Å². The number of nitrogens with two attached hydrogens (primary N) is 1. The zero-order valence-electron chi connectivity index (χ0n) is 10.3. The van der Waals surface area contributed by atoms with Gasteiger partial charge in [0.15, 0.2) is 0 Å². The van der Waals surface area contributed by atoms with Crippen molar-refractivity contribution in [3.63, 3.8) is 0 Å². The van der Waals surface area contributed by atoms with Gasteiger partial charge >= 0.3 is 6.18 Å². The second kappa shape index (κ2) is 6.95. The van der Waals surface area contributed by atoms with Gasteiger partial charge in [0.25, 0.3) is 0 Å². The van der Waals surface area contributed by atoms with E-state index in [9.17, 15) is 13.2 Å². The lowest BCUT2D eigenvalue weighted by Gasteiger charge is -2.15. The largest absolute Gasteiger partial charge is 0.418 e. The minimum atomic E-state index is -4.45. The van der Waals surface area contributed by atoms with Crippen molar-refractivity contribution in [2.45, 2.75) is 6.18 Å². The molecule has 5 nitrogen and oxygen atoms in total. The quantitative estimate of drug-likeness (QED) is 0.257. The van der Waals surface area contributed by atoms with Crippen molar-refractivity contribution in [2.75, 3.05) is 25.6 Å². The van der Waals surface area contributed by atoms with Gasteiger partial charge in [-0.25, -0.2) is 10.8 Å². The number of ether oxygens (including phenoxy) is 1. The maximum Gasteiger partial charge on any atom is 0.418 e. The van der Waals surface area contributed by atoms with Crippen LogP contribution in [0.3, 0.4) is 0 Å². The van der Waals surface area contributed by atoms with E-state index >= 15 is 0 Å². The number of aliphatic imine (C=N–C) groups is 1. The molecule has 106 valence electrons. The molecule has 0 fully saturated rings. The van der Waals surface area contributed by atoms with Crippen LogP contribution in [0.15, 0.2) is 29.3 Å². The van der Waals surface area contributed by atoms with E-state index in [1.54, 1.807) is 0 Å². The summed E-state index contributed by atoms with van der Waals surface area (Å²) in [6.45, 7) is 0.616. The van der Waals surface area contributed by atoms with Crippen molar-refractivity contribution in [1.29, 1.82) is 0 Å². The van der Waals surface area contributed by atoms with Crippen LogP contribution in [-0.2, 0) is 10.9 Å². The van der Waals surface area contributed by atoms with E-state index in [-0.39, 0.29) is 18.2 Å². The third-order valence-electron chi connectivity index (χ3n) is 2.19. The molecule has 4 N–H and O–H groups in total. The van der Waals surface area contributed by atoms with Crippen molar-refractivity contribution < 1.29 is 17.9 Å². The molecule has 1 aromatic carbocycles. The van der Waals surface area contributed by atoms with E-state index in [1.165, 1.54) is 25.3 Å². The Balaban J connectivity index is 2.89. The second-order valence-corrected chi connectivity index (χ2v) is 3.54. The topological polar surface area (TPSA) is 71.7 Å². The molecular formula is C11H15F3N4O. The van der Waals surface area contributed by atoms with Crippen LogP contribution in [0.25, 0.3) is 0 Å². The summed E-state index contributed by atoms with van der Waals surface area (Å²) in [6.07, 6.45) is -4.45. The highest BCUT2D eigenvalue weighted by Gasteiger charge is 2.33. The monoisotopic (exact) mass is 276 g/mol. The number of hydrogen-bond donors (Lipinski definition) is 3. The zero-order valence-corrected chi connectivity index (χ0v) is 10.3. The van der Waals surface area contributed by atoms with E-state index in [1.807, 2.05) is 0 Å². The molecule has 8 heteroatoms. The number of nitrogens with one attached hydrogen (secondary N) is 2. The fourth-order valence-electron chi connectivity index (χ4n) is 1.34. The molecule has 0 aromatic heterocycles. The smallest absolute Gasteiger partial charge is 0.383 e. The minimum Gasteiger partial charge on any atom is -0.383 e. The lowest BCUT2D eigenvalue weighted by Crippen LogP contribution is -2.37. The average Bonchev–Trinajstić information content (AvgIpc) is 2.37. The van der Waals surface area contributed by atoms with Crippen LogP contribution in [0.2, 0.25) is 0 Å². The lowest BCUT2D eigenvalue weighted by atomic mass is 10.1. The van der Waals surface area contributed by atoms with Gasteiger partial charge in [0, 0.05) is 7.11 Å². The number of guanidine groups is 1. The molecule has 0 radical (unpaired) electrons. The third kappa shape index (κ3) is 4.76. The molecule has 1 aromatic rings. The molecular weight excluding hydrogens is 261 g/mol. The van der Waals surface area contributed by atoms with Gasteiger partial charge in [-0.1, -0.05) is 12.1 Å². The van der Waals surface area contributed by atoms with E-state index < -0.39 is 11.7 Å². The molecule has 19 heavy (non-hydrogen) atoms. The Bertz CT molecular complexity index is 434. The van der Waals surface area contributed by atoms with E-state index in [2.05, 4.69) is 15.7 Å². The molecule has 0 amide bonds. The Kier molecular flexibility index (Phi) is 5.58. The number of anilines is 1. The molecule has 0 atom stereocenters. The molecule has 0 aliphatic heterocycles. The first-order valence-corrected chi connectivity index (χ1v) is 5.42. The predicted octanol–water partition coefficient (Wildman–Crippen LogP) is 1.58. The van der Waals surface area contributed by atoms with Gasteiger partial charge in [-0.15, -0.1) is 0 Å². The SMILES string of the molecule is COCCN=C(NN)Nc1ccccc1C(F)(F)F. The maximum atomic E-state index is 12.8. The van der Waals surface area contributed by atoms with Crippen LogP contribution in [-0.4, -0.2) is 26.2 Å². The van der Waals surface area contributed by atoms with Crippen molar-refractivity contribution in [3.8, 4) is 0 Å². The summed E-state index contributed by atoms with van der Waals surface area (Å²) in [4.78, 5) is 3.93. The number of para-hydroxylation sites is 1. The van der Waals surface area contributed by atoms with Crippen molar-refractivity contribution in [1.82, 2.24) is 5.43 Å². The number of hydrazine groups is 1.